The molecule has 0 aliphatic carbocycles. The zero-order chi connectivity index (χ0) is 28.8. The van der Waals surface area contributed by atoms with Crippen LogP contribution in [0.5, 0.6) is 0 Å². The Morgan fingerprint density at radius 1 is 0.784 bits per heavy atom. The highest BCUT2D eigenvalue weighted by Crippen LogP contribution is 2.54. The highest BCUT2D eigenvalue weighted by atomic mass is 32.2. The van der Waals surface area contributed by atoms with Gasteiger partial charge in [0.1, 0.15) is 5.25 Å². The molecule has 220 valence electrons. The monoisotopic (exact) mass is 584 g/mol. The number of rotatable bonds is 20. The minimum Gasteiger partial charge on any atom is -0.466 e. The zero-order valence-electron chi connectivity index (χ0n) is 19.8. The molecule has 0 aromatic rings. The molecule has 1 unspecified atom stereocenters. The molecule has 0 bridgehead atoms. The molecule has 0 aliphatic heterocycles. The van der Waals surface area contributed by atoms with Crippen molar-refractivity contribution in [3.8, 4) is 0 Å². The molecular weight excluding hydrogens is 555 g/mol. The lowest BCUT2D eigenvalue weighted by Gasteiger charge is -2.33. The summed E-state index contributed by atoms with van der Waals surface area (Å²) in [6.45, 7) is 0.345. The van der Waals surface area contributed by atoms with Crippen molar-refractivity contribution in [1.29, 1.82) is 0 Å². The molecule has 0 aliphatic rings. The average molecular weight is 584 g/mol. The van der Waals surface area contributed by atoms with E-state index in [1.165, 1.54) is 0 Å². The molecule has 0 heterocycles. The summed E-state index contributed by atoms with van der Waals surface area (Å²) in [6, 6.07) is 0. The summed E-state index contributed by atoms with van der Waals surface area (Å²) in [7, 11) is 0. The van der Waals surface area contributed by atoms with Crippen molar-refractivity contribution < 1.29 is 73.2 Å². The molecule has 0 spiro atoms. The molecular formula is C20H29F9O7S. The van der Waals surface area contributed by atoms with Crippen molar-refractivity contribution in [3.63, 3.8) is 0 Å². The van der Waals surface area contributed by atoms with Gasteiger partial charge in [-0.15, -0.1) is 4.33 Å². The minimum absolute atomic E-state index is 0.0215. The first-order valence-corrected chi connectivity index (χ1v) is 12.0. The van der Waals surface area contributed by atoms with Crippen LogP contribution in [0.1, 0.15) is 71.1 Å². The largest absolute Gasteiger partial charge is 0.466 e. The van der Waals surface area contributed by atoms with Crippen LogP contribution in [0.15, 0.2) is 0 Å². The van der Waals surface area contributed by atoms with Crippen LogP contribution < -0.4 is 0 Å². The van der Waals surface area contributed by atoms with Crippen LogP contribution >= 0.6 is 12.0 Å². The Hall–Kier alpha value is -1.46. The van der Waals surface area contributed by atoms with Gasteiger partial charge in [-0.3, -0.25) is 9.59 Å². The van der Waals surface area contributed by atoms with Gasteiger partial charge in [-0.05, 0) is 6.42 Å². The molecule has 7 nitrogen and oxygen atoms in total. The van der Waals surface area contributed by atoms with E-state index >= 15 is 0 Å². The number of carbonyl (C=O) groups excluding carboxylic acids is 2. The minimum atomic E-state index is -7.07. The van der Waals surface area contributed by atoms with E-state index in [2.05, 4.69) is 21.0 Å². The Kier molecular flexibility index (Phi) is 15.8. The molecule has 0 amide bonds. The third-order valence-electron chi connectivity index (χ3n) is 4.93. The second-order valence-corrected chi connectivity index (χ2v) is 8.79. The second kappa shape index (κ2) is 16.5. The van der Waals surface area contributed by atoms with Gasteiger partial charge in [0.25, 0.3) is 0 Å². The van der Waals surface area contributed by atoms with Crippen LogP contribution in [0.2, 0.25) is 0 Å². The maximum atomic E-state index is 13.5. The fourth-order valence-corrected chi connectivity index (χ4v) is 3.27. The molecule has 0 saturated heterocycles. The summed E-state index contributed by atoms with van der Waals surface area (Å²) in [5.74, 6) is -22.5. The van der Waals surface area contributed by atoms with E-state index in [0.29, 0.717) is 6.42 Å². The van der Waals surface area contributed by atoms with Crippen LogP contribution in [0.3, 0.4) is 0 Å². The van der Waals surface area contributed by atoms with Crippen LogP contribution in [-0.4, -0.2) is 59.6 Å². The van der Waals surface area contributed by atoms with Crippen molar-refractivity contribution in [2.24, 2.45) is 0 Å². The van der Waals surface area contributed by atoms with Crippen LogP contribution in [-0.2, 0) is 28.4 Å². The Balaban J connectivity index is 4.70. The fourth-order valence-electron chi connectivity index (χ4n) is 2.79. The molecule has 0 saturated carbocycles. The van der Waals surface area contributed by atoms with E-state index in [1.54, 1.807) is 0 Å². The maximum Gasteiger partial charge on any atom is 0.460 e. The molecule has 0 radical (unpaired) electrons. The van der Waals surface area contributed by atoms with E-state index in [-0.39, 0.29) is 18.6 Å². The van der Waals surface area contributed by atoms with Gasteiger partial charge in [0.15, 0.2) is 0 Å². The SMILES string of the molecule is CCCCCCCCCCOC(=O)CC(SOOO)C(=O)OCCC(F)(F)C(F)(F)C(F)(F)C(F)(F)F. The Labute approximate surface area is 211 Å². The second-order valence-electron chi connectivity index (χ2n) is 7.90. The Bertz CT molecular complexity index is 679. The highest BCUT2D eigenvalue weighted by Gasteiger charge is 2.81. The summed E-state index contributed by atoms with van der Waals surface area (Å²) in [5.41, 5.74) is 0. The molecule has 1 atom stereocenters. The lowest BCUT2D eigenvalue weighted by Crippen LogP contribution is -2.61. The first-order chi connectivity index (χ1) is 17.0. The molecule has 1 N–H and O–H groups in total. The van der Waals surface area contributed by atoms with Gasteiger partial charge in [0.2, 0.25) is 0 Å². The van der Waals surface area contributed by atoms with Gasteiger partial charge in [-0.1, -0.05) is 56.9 Å². The predicted octanol–water partition coefficient (Wildman–Crippen LogP) is 6.90. The summed E-state index contributed by atoms with van der Waals surface area (Å²) < 4.78 is 129. The number of hydrogen-bond donors (Lipinski definition) is 1. The third kappa shape index (κ3) is 11.9. The van der Waals surface area contributed by atoms with E-state index < -0.39 is 60.6 Å². The summed E-state index contributed by atoms with van der Waals surface area (Å²) in [5, 5.41) is 9.65. The Morgan fingerprint density at radius 3 is 1.84 bits per heavy atom. The summed E-state index contributed by atoms with van der Waals surface area (Å²) in [4.78, 5) is 23.9. The van der Waals surface area contributed by atoms with Gasteiger partial charge in [-0.25, -0.2) is 5.26 Å². The van der Waals surface area contributed by atoms with E-state index in [0.717, 1.165) is 44.9 Å². The van der Waals surface area contributed by atoms with E-state index in [4.69, 9.17) is 9.99 Å². The van der Waals surface area contributed by atoms with Gasteiger partial charge < -0.3 is 9.47 Å². The highest BCUT2D eigenvalue weighted by molar-refractivity contribution is 7.95. The van der Waals surface area contributed by atoms with E-state index in [9.17, 15) is 49.1 Å². The van der Waals surface area contributed by atoms with Gasteiger partial charge >= 0.3 is 35.9 Å². The zero-order valence-corrected chi connectivity index (χ0v) is 20.6. The van der Waals surface area contributed by atoms with Gasteiger partial charge in [0.05, 0.1) is 38.1 Å². The summed E-state index contributed by atoms with van der Waals surface area (Å²) >= 11 is -0.0662. The molecule has 37 heavy (non-hydrogen) atoms. The molecule has 0 aromatic heterocycles. The van der Waals surface area contributed by atoms with Crippen molar-refractivity contribution in [2.45, 2.75) is 100 Å². The van der Waals surface area contributed by atoms with Crippen LogP contribution in [0.25, 0.3) is 0 Å². The van der Waals surface area contributed by atoms with Crippen molar-refractivity contribution in [1.82, 2.24) is 0 Å². The quantitative estimate of drug-likeness (QED) is 0.0413. The topological polar surface area (TPSA) is 91.3 Å². The maximum absolute atomic E-state index is 13.5. The van der Waals surface area contributed by atoms with Crippen molar-refractivity contribution >= 4 is 24.0 Å². The fraction of sp³-hybridized carbons (Fsp3) is 0.900. The molecule has 17 heteroatoms. The Morgan fingerprint density at radius 2 is 1.32 bits per heavy atom. The number of esters is 2. The van der Waals surface area contributed by atoms with Crippen LogP contribution in [0, 0.1) is 0 Å². The smallest absolute Gasteiger partial charge is 0.460 e. The first kappa shape index (κ1) is 35.5. The van der Waals surface area contributed by atoms with Crippen LogP contribution in [0.4, 0.5) is 39.5 Å². The molecule has 0 fully saturated rings. The van der Waals surface area contributed by atoms with Crippen molar-refractivity contribution in [3.05, 3.63) is 0 Å². The number of hydrogen-bond acceptors (Lipinski definition) is 8. The number of unbranched alkanes of at least 4 members (excludes halogenated alkanes) is 7. The lowest BCUT2D eigenvalue weighted by atomic mass is 10.0. The lowest BCUT2D eigenvalue weighted by molar-refractivity contribution is -0.432. The summed E-state index contributed by atoms with van der Waals surface area (Å²) in [6.07, 6.45) is -2.57. The number of ether oxygens (including phenoxy) is 2. The molecule has 0 rings (SSSR count). The average Bonchev–Trinajstić information content (AvgIpc) is 2.79. The van der Waals surface area contributed by atoms with Crippen molar-refractivity contribution in [2.75, 3.05) is 13.2 Å². The standard InChI is InChI=1S/C20H29F9O7S/c1-2-3-4-5-6-7-8-9-11-33-15(30)13-14(37-36-35-32)16(31)34-12-10-17(21,22)18(23,24)19(25,26)20(27,28)29/h14,32H,2-13H2,1H3. The van der Waals surface area contributed by atoms with E-state index in [1.807, 2.05) is 0 Å². The normalized spacial score (nSPS) is 13.9. The number of halogens is 9. The first-order valence-electron chi connectivity index (χ1n) is 11.2. The third-order valence-corrected chi connectivity index (χ3v) is 5.66. The number of alkyl halides is 9. The van der Waals surface area contributed by atoms with Gasteiger partial charge in [-0.2, -0.15) is 39.5 Å². The predicted molar refractivity (Wildman–Crippen MR) is 111 cm³/mol. The molecule has 0 aromatic carbocycles. The van der Waals surface area contributed by atoms with Gasteiger partial charge in [0, 0.05) is 0 Å². The number of carbonyl (C=O) groups is 2.